The number of methoxy groups -OCH3 is 1. The van der Waals surface area contributed by atoms with E-state index < -0.39 is 0 Å². The predicted octanol–water partition coefficient (Wildman–Crippen LogP) is 2.30. The van der Waals surface area contributed by atoms with Crippen molar-refractivity contribution in [1.82, 2.24) is 0 Å². The van der Waals surface area contributed by atoms with Crippen LogP contribution in [0, 0.1) is 0 Å². The summed E-state index contributed by atoms with van der Waals surface area (Å²) in [6.45, 7) is 2.09. The Morgan fingerprint density at radius 1 is 1.25 bits per heavy atom. The van der Waals surface area contributed by atoms with Gasteiger partial charge in [0, 0.05) is 12.6 Å². The lowest BCUT2D eigenvalue weighted by Crippen LogP contribution is -2.24. The van der Waals surface area contributed by atoms with Gasteiger partial charge in [-0.05, 0) is 43.7 Å². The maximum atomic E-state index is 6.10. The molecule has 0 saturated heterocycles. The fourth-order valence-electron chi connectivity index (χ4n) is 1.95. The van der Waals surface area contributed by atoms with Crippen molar-refractivity contribution in [2.45, 2.75) is 44.2 Å². The van der Waals surface area contributed by atoms with Gasteiger partial charge in [-0.1, -0.05) is 24.3 Å². The lowest BCUT2D eigenvalue weighted by atomic mass is 10.0. The number of nitrogens with two attached hydrogens (primary N) is 1. The van der Waals surface area contributed by atoms with E-state index in [2.05, 4.69) is 31.2 Å². The fraction of sp³-hybridized carbons (Fsp3) is 0.571. The van der Waals surface area contributed by atoms with Crippen LogP contribution in [0.3, 0.4) is 0 Å². The number of hydrogen-bond acceptors (Lipinski definition) is 2. The van der Waals surface area contributed by atoms with Crippen LogP contribution < -0.4 is 5.73 Å². The van der Waals surface area contributed by atoms with Gasteiger partial charge >= 0.3 is 0 Å². The topological polar surface area (TPSA) is 35.2 Å². The summed E-state index contributed by atoms with van der Waals surface area (Å²) >= 11 is 0. The highest BCUT2D eigenvalue weighted by Gasteiger charge is 2.37. The molecule has 1 fully saturated rings. The van der Waals surface area contributed by atoms with Crippen molar-refractivity contribution in [2.75, 3.05) is 7.11 Å². The average molecular weight is 219 g/mol. The summed E-state index contributed by atoms with van der Waals surface area (Å²) in [6, 6.07) is 8.78. The summed E-state index contributed by atoms with van der Waals surface area (Å²) in [6.07, 6.45) is 4.64. The molecule has 0 heterocycles. The van der Waals surface area contributed by atoms with E-state index in [-0.39, 0.29) is 11.6 Å². The van der Waals surface area contributed by atoms with E-state index in [9.17, 15) is 0 Å². The molecule has 1 atom stereocenters. The van der Waals surface area contributed by atoms with Crippen LogP contribution in [-0.2, 0) is 17.6 Å². The normalized spacial score (nSPS) is 19.4. The third-order valence-electron chi connectivity index (χ3n) is 3.40. The van der Waals surface area contributed by atoms with Gasteiger partial charge in [-0.3, -0.25) is 0 Å². The van der Waals surface area contributed by atoms with Crippen molar-refractivity contribution in [1.29, 1.82) is 0 Å². The molecule has 0 aliphatic heterocycles. The van der Waals surface area contributed by atoms with Gasteiger partial charge in [0.25, 0.3) is 0 Å². The zero-order valence-corrected chi connectivity index (χ0v) is 10.2. The van der Waals surface area contributed by atoms with E-state index in [0.29, 0.717) is 0 Å². The van der Waals surface area contributed by atoms with Crippen molar-refractivity contribution in [3.63, 3.8) is 0 Å². The Bertz CT molecular complexity index is 340. The molecule has 1 aliphatic rings. The summed E-state index contributed by atoms with van der Waals surface area (Å²) < 4.78 is 5.25. The van der Waals surface area contributed by atoms with Crippen LogP contribution in [0.2, 0.25) is 0 Å². The minimum Gasteiger partial charge on any atom is -0.381 e. The Hall–Kier alpha value is -0.860. The molecule has 1 aromatic carbocycles. The van der Waals surface area contributed by atoms with E-state index >= 15 is 0 Å². The molecule has 0 radical (unpaired) electrons. The monoisotopic (exact) mass is 219 g/mol. The first kappa shape index (κ1) is 11.6. The lowest BCUT2D eigenvalue weighted by Gasteiger charge is -2.11. The molecule has 2 nitrogen and oxygen atoms in total. The fourth-order valence-corrected chi connectivity index (χ4v) is 1.95. The lowest BCUT2D eigenvalue weighted by molar-refractivity contribution is 0.119. The van der Waals surface area contributed by atoms with Gasteiger partial charge in [0.15, 0.2) is 0 Å². The van der Waals surface area contributed by atoms with Crippen LogP contribution in [-0.4, -0.2) is 18.8 Å². The average Bonchev–Trinajstić information content (AvgIpc) is 2.99. The van der Waals surface area contributed by atoms with Crippen LogP contribution in [0.4, 0.5) is 0 Å². The first-order chi connectivity index (χ1) is 7.61. The Balaban J connectivity index is 1.93. The second-order valence-corrected chi connectivity index (χ2v) is 5.11. The SMILES string of the molecule is COC(C)Cc1ccc(CC2(N)CC2)cc1. The van der Waals surface area contributed by atoms with E-state index in [1.165, 1.54) is 24.0 Å². The molecule has 1 aromatic rings. The van der Waals surface area contributed by atoms with Crippen molar-refractivity contribution in [2.24, 2.45) is 5.73 Å². The van der Waals surface area contributed by atoms with E-state index in [1.54, 1.807) is 7.11 Å². The molecule has 0 aromatic heterocycles. The Morgan fingerprint density at radius 3 is 2.31 bits per heavy atom. The molecular weight excluding hydrogens is 198 g/mol. The van der Waals surface area contributed by atoms with E-state index in [0.717, 1.165) is 12.8 Å². The summed E-state index contributed by atoms with van der Waals surface area (Å²) in [5.74, 6) is 0. The van der Waals surface area contributed by atoms with Gasteiger partial charge in [0.05, 0.1) is 6.10 Å². The Morgan fingerprint density at radius 2 is 1.81 bits per heavy atom. The second kappa shape index (κ2) is 4.56. The molecule has 0 spiro atoms. The van der Waals surface area contributed by atoms with Crippen LogP contribution >= 0.6 is 0 Å². The van der Waals surface area contributed by atoms with Gasteiger partial charge in [-0.25, -0.2) is 0 Å². The van der Waals surface area contributed by atoms with Crippen LogP contribution in [0.15, 0.2) is 24.3 Å². The molecule has 1 saturated carbocycles. The Labute approximate surface area is 97.8 Å². The molecule has 88 valence electrons. The summed E-state index contributed by atoms with van der Waals surface area (Å²) in [7, 11) is 1.75. The van der Waals surface area contributed by atoms with Crippen molar-refractivity contribution in [3.05, 3.63) is 35.4 Å². The standard InChI is InChI=1S/C14H21NO/c1-11(16-2)9-12-3-5-13(6-4-12)10-14(15)7-8-14/h3-6,11H,7-10,15H2,1-2H3. The number of benzene rings is 1. The van der Waals surface area contributed by atoms with Crippen LogP contribution in [0.5, 0.6) is 0 Å². The third-order valence-corrected chi connectivity index (χ3v) is 3.40. The van der Waals surface area contributed by atoms with Crippen molar-refractivity contribution in [3.8, 4) is 0 Å². The largest absolute Gasteiger partial charge is 0.381 e. The van der Waals surface area contributed by atoms with Crippen LogP contribution in [0.1, 0.15) is 30.9 Å². The smallest absolute Gasteiger partial charge is 0.0583 e. The maximum Gasteiger partial charge on any atom is 0.0583 e. The van der Waals surface area contributed by atoms with Crippen molar-refractivity contribution >= 4 is 0 Å². The summed E-state index contributed by atoms with van der Waals surface area (Å²) in [5, 5.41) is 0. The molecule has 0 amide bonds. The molecule has 1 aliphatic carbocycles. The van der Waals surface area contributed by atoms with Gasteiger partial charge in [-0.15, -0.1) is 0 Å². The van der Waals surface area contributed by atoms with Crippen LogP contribution in [0.25, 0.3) is 0 Å². The number of rotatable bonds is 5. The minimum atomic E-state index is 0.112. The minimum absolute atomic E-state index is 0.112. The quantitative estimate of drug-likeness (QED) is 0.824. The Kier molecular flexibility index (Phi) is 3.31. The molecule has 2 N–H and O–H groups in total. The molecule has 1 unspecified atom stereocenters. The summed E-state index contributed by atoms with van der Waals surface area (Å²) in [5.41, 5.74) is 8.90. The molecule has 0 bridgehead atoms. The highest BCUT2D eigenvalue weighted by molar-refractivity contribution is 5.26. The zero-order valence-electron chi connectivity index (χ0n) is 10.2. The van der Waals surface area contributed by atoms with E-state index in [1.807, 2.05) is 0 Å². The number of ether oxygens (including phenoxy) is 1. The maximum absolute atomic E-state index is 6.10. The van der Waals surface area contributed by atoms with Crippen molar-refractivity contribution < 1.29 is 4.74 Å². The molecule has 2 rings (SSSR count). The van der Waals surface area contributed by atoms with Gasteiger partial charge in [-0.2, -0.15) is 0 Å². The molecule has 16 heavy (non-hydrogen) atoms. The first-order valence-corrected chi connectivity index (χ1v) is 6.01. The highest BCUT2D eigenvalue weighted by Crippen LogP contribution is 2.35. The zero-order chi connectivity index (χ0) is 11.6. The molecule has 2 heteroatoms. The van der Waals surface area contributed by atoms with Gasteiger partial charge in [0.2, 0.25) is 0 Å². The van der Waals surface area contributed by atoms with E-state index in [4.69, 9.17) is 10.5 Å². The third kappa shape index (κ3) is 3.06. The second-order valence-electron chi connectivity index (χ2n) is 5.11. The summed E-state index contributed by atoms with van der Waals surface area (Å²) in [4.78, 5) is 0. The number of hydrogen-bond donors (Lipinski definition) is 1. The van der Waals surface area contributed by atoms with Gasteiger partial charge < -0.3 is 10.5 Å². The highest BCUT2D eigenvalue weighted by atomic mass is 16.5. The molecular formula is C14H21NO. The predicted molar refractivity (Wildman–Crippen MR) is 66.5 cm³/mol. The first-order valence-electron chi connectivity index (χ1n) is 6.01. The van der Waals surface area contributed by atoms with Gasteiger partial charge in [0.1, 0.15) is 0 Å².